The van der Waals surface area contributed by atoms with Crippen molar-refractivity contribution in [3.8, 4) is 34.5 Å². The fourth-order valence-corrected chi connectivity index (χ4v) is 5.71. The summed E-state index contributed by atoms with van der Waals surface area (Å²) in [5, 5.41) is 23.5. The maximum absolute atomic E-state index is 14.1. The van der Waals surface area contributed by atoms with Crippen molar-refractivity contribution < 1.29 is 43.5 Å². The number of aromatic hydroxyl groups is 2. The van der Waals surface area contributed by atoms with Gasteiger partial charge in [0, 0.05) is 42.7 Å². The molecule has 47 heavy (non-hydrogen) atoms. The molecular formula is C38H36O9. The van der Waals surface area contributed by atoms with Gasteiger partial charge in [0.2, 0.25) is 0 Å². The SMILES string of the molecule is C=CC(C(=CC(=O)c1ccccc1)c1c(OC(C)=O)cc(OC(C)=O)c(C)c1OC)(c1ccccc1)c1c(O)cc(OC)c(C)c1O. The topological polar surface area (TPSA) is 129 Å². The van der Waals surface area contributed by atoms with Gasteiger partial charge in [-0.25, -0.2) is 0 Å². The molecule has 1 atom stereocenters. The second-order valence-electron chi connectivity index (χ2n) is 10.7. The first-order valence-electron chi connectivity index (χ1n) is 14.6. The Morgan fingerprint density at radius 1 is 0.766 bits per heavy atom. The lowest BCUT2D eigenvalue weighted by atomic mass is 9.65. The second kappa shape index (κ2) is 14.1. The third-order valence-electron chi connectivity index (χ3n) is 7.82. The average molecular weight is 637 g/mol. The molecule has 0 amide bonds. The van der Waals surface area contributed by atoms with E-state index in [9.17, 15) is 24.6 Å². The van der Waals surface area contributed by atoms with E-state index in [4.69, 9.17) is 18.9 Å². The Kier molecular flexibility index (Phi) is 10.2. The van der Waals surface area contributed by atoms with Crippen molar-refractivity contribution in [2.45, 2.75) is 33.1 Å². The maximum atomic E-state index is 14.1. The number of ketones is 1. The van der Waals surface area contributed by atoms with E-state index in [1.165, 1.54) is 52.4 Å². The van der Waals surface area contributed by atoms with Crippen molar-refractivity contribution in [3.63, 3.8) is 0 Å². The van der Waals surface area contributed by atoms with Crippen molar-refractivity contribution in [2.24, 2.45) is 0 Å². The minimum atomic E-state index is -1.71. The minimum absolute atomic E-state index is 0.0262. The molecule has 0 saturated heterocycles. The highest BCUT2D eigenvalue weighted by molar-refractivity contribution is 6.11. The summed E-state index contributed by atoms with van der Waals surface area (Å²) in [5.74, 6) is -2.23. The highest BCUT2D eigenvalue weighted by Gasteiger charge is 2.44. The third kappa shape index (κ3) is 6.46. The van der Waals surface area contributed by atoms with Gasteiger partial charge in [-0.3, -0.25) is 14.4 Å². The van der Waals surface area contributed by atoms with Crippen LogP contribution in [0.4, 0.5) is 0 Å². The highest BCUT2D eigenvalue weighted by atomic mass is 16.5. The molecule has 9 heteroatoms. The Morgan fingerprint density at radius 3 is 1.87 bits per heavy atom. The third-order valence-corrected chi connectivity index (χ3v) is 7.82. The predicted octanol–water partition coefficient (Wildman–Crippen LogP) is 7.02. The predicted molar refractivity (Wildman–Crippen MR) is 178 cm³/mol. The molecule has 0 aromatic heterocycles. The first-order valence-corrected chi connectivity index (χ1v) is 14.6. The van der Waals surface area contributed by atoms with Crippen molar-refractivity contribution in [2.75, 3.05) is 14.2 Å². The molecule has 0 spiro atoms. The summed E-state index contributed by atoms with van der Waals surface area (Å²) in [4.78, 5) is 38.8. The van der Waals surface area contributed by atoms with E-state index in [0.717, 1.165) is 0 Å². The molecule has 0 heterocycles. The molecule has 2 N–H and O–H groups in total. The van der Waals surface area contributed by atoms with E-state index in [-0.39, 0.29) is 51.2 Å². The molecule has 1 unspecified atom stereocenters. The van der Waals surface area contributed by atoms with E-state index >= 15 is 0 Å². The molecule has 0 saturated carbocycles. The van der Waals surface area contributed by atoms with Crippen LogP contribution in [0.5, 0.6) is 34.5 Å². The molecule has 0 bridgehead atoms. The fourth-order valence-electron chi connectivity index (χ4n) is 5.71. The number of rotatable bonds is 11. The van der Waals surface area contributed by atoms with Crippen molar-refractivity contribution in [1.82, 2.24) is 0 Å². The van der Waals surface area contributed by atoms with Crippen LogP contribution in [0.3, 0.4) is 0 Å². The zero-order valence-corrected chi connectivity index (χ0v) is 27.0. The van der Waals surface area contributed by atoms with Crippen molar-refractivity contribution in [1.29, 1.82) is 0 Å². The summed E-state index contributed by atoms with van der Waals surface area (Å²) in [7, 11) is 2.79. The monoisotopic (exact) mass is 636 g/mol. The van der Waals surface area contributed by atoms with Crippen LogP contribution in [0.25, 0.3) is 5.57 Å². The Morgan fingerprint density at radius 2 is 1.34 bits per heavy atom. The molecule has 9 nitrogen and oxygen atoms in total. The summed E-state index contributed by atoms with van der Waals surface area (Å²) >= 11 is 0. The van der Waals surface area contributed by atoms with Crippen LogP contribution in [-0.2, 0) is 15.0 Å². The number of hydrogen-bond acceptors (Lipinski definition) is 9. The van der Waals surface area contributed by atoms with Gasteiger partial charge in [-0.2, -0.15) is 0 Å². The smallest absolute Gasteiger partial charge is 0.308 e. The van der Waals surface area contributed by atoms with Gasteiger partial charge in [0.05, 0.1) is 30.8 Å². The molecule has 0 aliphatic rings. The molecule has 0 radical (unpaired) electrons. The van der Waals surface area contributed by atoms with Crippen LogP contribution in [0, 0.1) is 13.8 Å². The fraction of sp³-hybridized carbons (Fsp3) is 0.184. The molecule has 0 aliphatic carbocycles. The first kappa shape index (κ1) is 34.1. The molecular weight excluding hydrogens is 600 g/mol. The molecule has 4 aromatic rings. The van der Waals surface area contributed by atoms with E-state index in [1.54, 1.807) is 74.5 Å². The number of carbonyl (C=O) groups excluding carboxylic acids is 3. The Bertz CT molecular complexity index is 1880. The molecule has 242 valence electrons. The summed E-state index contributed by atoms with van der Waals surface area (Å²) in [5.41, 5.74) is -0.0475. The first-order chi connectivity index (χ1) is 22.4. The maximum Gasteiger partial charge on any atom is 0.308 e. The number of hydrogen-bond donors (Lipinski definition) is 2. The average Bonchev–Trinajstić information content (AvgIpc) is 3.05. The number of benzene rings is 4. The second-order valence-corrected chi connectivity index (χ2v) is 10.7. The van der Waals surface area contributed by atoms with Crippen LogP contribution in [0.2, 0.25) is 0 Å². The van der Waals surface area contributed by atoms with Gasteiger partial charge in [-0.1, -0.05) is 66.7 Å². The highest BCUT2D eigenvalue weighted by Crippen LogP contribution is 2.57. The number of esters is 2. The van der Waals surface area contributed by atoms with E-state index in [2.05, 4.69) is 6.58 Å². The standard InChI is InChI=1S/C38H36O9/c1-8-38(27-17-13-10-14-18-27,35-30(42)20-31(44-6)22(2)36(35)43)28(19-29(41)26-15-11-9-12-16-26)34-33(47-25(5)40)21-32(46-24(4)39)23(3)37(34)45-7/h8-21,42-43H,1H2,2-7H3. The minimum Gasteiger partial charge on any atom is -0.507 e. The van der Waals surface area contributed by atoms with E-state index < -0.39 is 23.1 Å². The molecule has 4 aromatic carbocycles. The van der Waals surface area contributed by atoms with Crippen LogP contribution in [0.1, 0.15) is 52.0 Å². The Labute approximate surface area is 273 Å². The van der Waals surface area contributed by atoms with Gasteiger partial charge in [-0.05, 0) is 31.1 Å². The summed E-state index contributed by atoms with van der Waals surface area (Å²) in [6.07, 6.45) is 2.82. The number of allylic oxidation sites excluding steroid dienone is 3. The Balaban J connectivity index is 2.32. The molecule has 0 fully saturated rings. The molecule has 0 aliphatic heterocycles. The number of ether oxygens (including phenoxy) is 4. The van der Waals surface area contributed by atoms with Gasteiger partial charge in [0.25, 0.3) is 0 Å². The van der Waals surface area contributed by atoms with Gasteiger partial charge in [-0.15, -0.1) is 6.58 Å². The number of carbonyl (C=O) groups is 3. The van der Waals surface area contributed by atoms with Crippen molar-refractivity contribution >= 4 is 23.3 Å². The van der Waals surface area contributed by atoms with Gasteiger partial charge < -0.3 is 29.2 Å². The zero-order valence-electron chi connectivity index (χ0n) is 27.0. The number of phenols is 2. The van der Waals surface area contributed by atoms with Crippen LogP contribution in [0.15, 0.2) is 91.5 Å². The van der Waals surface area contributed by atoms with Gasteiger partial charge in [0.1, 0.15) is 34.5 Å². The Hall–Kier alpha value is -5.83. The summed E-state index contributed by atoms with van der Waals surface area (Å²) in [6.45, 7) is 9.85. The summed E-state index contributed by atoms with van der Waals surface area (Å²) in [6, 6.07) is 20.0. The van der Waals surface area contributed by atoms with Gasteiger partial charge >= 0.3 is 11.9 Å². The lowest BCUT2D eigenvalue weighted by molar-refractivity contribution is -0.132. The quantitative estimate of drug-likeness (QED) is 0.0587. The lowest BCUT2D eigenvalue weighted by Gasteiger charge is -2.37. The molecule has 4 rings (SSSR count). The van der Waals surface area contributed by atoms with E-state index in [1.807, 2.05) is 0 Å². The zero-order chi connectivity index (χ0) is 34.5. The van der Waals surface area contributed by atoms with Gasteiger partial charge in [0.15, 0.2) is 5.78 Å². The van der Waals surface area contributed by atoms with Crippen LogP contribution < -0.4 is 18.9 Å². The van der Waals surface area contributed by atoms with Crippen molar-refractivity contribution in [3.05, 3.63) is 125 Å². The van der Waals surface area contributed by atoms with Crippen LogP contribution in [-0.4, -0.2) is 42.2 Å². The number of phenolic OH excluding ortho intramolecular Hbond substituents is 2. The van der Waals surface area contributed by atoms with Crippen LogP contribution >= 0.6 is 0 Å². The lowest BCUT2D eigenvalue weighted by Crippen LogP contribution is -2.29. The van der Waals surface area contributed by atoms with E-state index in [0.29, 0.717) is 22.3 Å². The number of methoxy groups -OCH3 is 2. The summed E-state index contributed by atoms with van der Waals surface area (Å²) < 4.78 is 22.5. The normalized spacial score (nSPS) is 12.4. The largest absolute Gasteiger partial charge is 0.507 e.